The molecule has 0 heterocycles. The fourth-order valence-corrected chi connectivity index (χ4v) is 1.42. The van der Waals surface area contributed by atoms with Crippen molar-refractivity contribution >= 4 is 5.78 Å². The number of ketones is 1. The van der Waals surface area contributed by atoms with Gasteiger partial charge < -0.3 is 10.2 Å². The van der Waals surface area contributed by atoms with Crippen LogP contribution in [0.25, 0.3) is 0 Å². The maximum Gasteiger partial charge on any atom is 0.200 e. The summed E-state index contributed by atoms with van der Waals surface area (Å²) in [7, 11) is 4.20. The Hall–Kier alpha value is -0.410. The molecular formula is C8H17N2O+. The molecular weight excluding hydrogens is 140 g/mol. The Balaban J connectivity index is 2.38. The van der Waals surface area contributed by atoms with E-state index in [0.717, 1.165) is 4.48 Å². The highest BCUT2D eigenvalue weighted by Crippen LogP contribution is 2.30. The maximum atomic E-state index is 11.0. The standard InChI is InChI=1S/C8H17N2O/c1-10(2,7-3-4-7)6-8(11)5-9/h7H,3-6,9H2,1-2H3/q+1. The number of hydrogen-bond donors (Lipinski definition) is 1. The number of hydrogen-bond acceptors (Lipinski definition) is 2. The predicted octanol–water partition coefficient (Wildman–Crippen LogP) is -0.247. The molecule has 1 fully saturated rings. The second kappa shape index (κ2) is 2.91. The van der Waals surface area contributed by atoms with E-state index in [1.165, 1.54) is 12.8 Å². The number of nitrogens with two attached hydrogens (primary N) is 1. The number of carbonyl (C=O) groups excluding carboxylic acids is 1. The van der Waals surface area contributed by atoms with Crippen molar-refractivity contribution in [3.8, 4) is 0 Å². The smallest absolute Gasteiger partial charge is 0.200 e. The van der Waals surface area contributed by atoms with Gasteiger partial charge in [0, 0.05) is 12.8 Å². The minimum Gasteiger partial charge on any atom is -0.324 e. The van der Waals surface area contributed by atoms with E-state index in [0.29, 0.717) is 12.6 Å². The third kappa shape index (κ3) is 2.27. The van der Waals surface area contributed by atoms with Crippen LogP contribution in [-0.2, 0) is 4.79 Å². The Morgan fingerprint density at radius 2 is 2.09 bits per heavy atom. The van der Waals surface area contributed by atoms with Crippen LogP contribution in [-0.4, -0.2) is 43.5 Å². The zero-order valence-corrected chi connectivity index (χ0v) is 7.34. The van der Waals surface area contributed by atoms with Crippen LogP contribution in [0.2, 0.25) is 0 Å². The van der Waals surface area contributed by atoms with Crippen LogP contribution in [0.5, 0.6) is 0 Å². The second-order valence-corrected chi connectivity index (χ2v) is 3.91. The topological polar surface area (TPSA) is 43.1 Å². The highest BCUT2D eigenvalue weighted by molar-refractivity contribution is 5.81. The number of nitrogens with zero attached hydrogens (tertiary/aromatic N) is 1. The van der Waals surface area contributed by atoms with E-state index in [9.17, 15) is 4.79 Å². The Morgan fingerprint density at radius 3 is 2.45 bits per heavy atom. The van der Waals surface area contributed by atoms with Crippen LogP contribution in [0.3, 0.4) is 0 Å². The van der Waals surface area contributed by atoms with E-state index < -0.39 is 0 Å². The van der Waals surface area contributed by atoms with Crippen molar-refractivity contribution in [3.63, 3.8) is 0 Å². The van der Waals surface area contributed by atoms with Crippen LogP contribution >= 0.6 is 0 Å². The summed E-state index contributed by atoms with van der Waals surface area (Å²) in [5, 5.41) is 0. The van der Waals surface area contributed by atoms with Gasteiger partial charge >= 0.3 is 0 Å². The summed E-state index contributed by atoms with van der Waals surface area (Å²) in [5.74, 6) is 0.168. The quantitative estimate of drug-likeness (QED) is 0.572. The van der Waals surface area contributed by atoms with Crippen molar-refractivity contribution in [2.45, 2.75) is 18.9 Å². The summed E-state index contributed by atoms with van der Waals surface area (Å²) < 4.78 is 0.829. The zero-order valence-electron chi connectivity index (χ0n) is 7.34. The largest absolute Gasteiger partial charge is 0.324 e. The van der Waals surface area contributed by atoms with Crippen LogP contribution in [0.1, 0.15) is 12.8 Å². The first-order valence-electron chi connectivity index (χ1n) is 4.10. The molecule has 0 aliphatic heterocycles. The molecule has 1 saturated carbocycles. The van der Waals surface area contributed by atoms with Gasteiger partial charge in [0.1, 0.15) is 6.54 Å². The van der Waals surface area contributed by atoms with Gasteiger partial charge in [0.15, 0.2) is 5.78 Å². The van der Waals surface area contributed by atoms with Gasteiger partial charge in [-0.15, -0.1) is 0 Å². The average Bonchev–Trinajstić information content (AvgIpc) is 2.66. The first-order chi connectivity index (χ1) is 5.06. The summed E-state index contributed by atoms with van der Waals surface area (Å²) in [6.07, 6.45) is 2.54. The van der Waals surface area contributed by atoms with E-state index in [2.05, 4.69) is 14.1 Å². The van der Waals surface area contributed by atoms with E-state index in [4.69, 9.17) is 5.73 Å². The first kappa shape index (κ1) is 8.68. The second-order valence-electron chi connectivity index (χ2n) is 3.91. The van der Waals surface area contributed by atoms with Gasteiger partial charge in [0.05, 0.1) is 26.7 Å². The molecule has 11 heavy (non-hydrogen) atoms. The Bertz CT molecular complexity index is 161. The molecule has 2 N–H and O–H groups in total. The van der Waals surface area contributed by atoms with Gasteiger partial charge in [0.2, 0.25) is 0 Å². The molecule has 1 aliphatic rings. The minimum atomic E-state index is 0.168. The molecule has 0 bridgehead atoms. The number of Topliss-reactive ketones (excluding diaryl/α,β-unsaturated/α-hetero) is 1. The van der Waals surface area contributed by atoms with Crippen LogP contribution in [0, 0.1) is 0 Å². The number of rotatable bonds is 4. The molecule has 1 aliphatic carbocycles. The SMILES string of the molecule is C[N+](C)(CC(=O)CN)C1CC1. The lowest BCUT2D eigenvalue weighted by Gasteiger charge is -2.28. The van der Waals surface area contributed by atoms with Gasteiger partial charge in [-0.2, -0.15) is 0 Å². The van der Waals surface area contributed by atoms with Crippen molar-refractivity contribution in [1.82, 2.24) is 0 Å². The summed E-state index contributed by atoms with van der Waals surface area (Å²) >= 11 is 0. The van der Waals surface area contributed by atoms with Gasteiger partial charge in [-0.3, -0.25) is 4.79 Å². The van der Waals surface area contributed by atoms with Crippen molar-refractivity contribution in [2.75, 3.05) is 27.2 Å². The van der Waals surface area contributed by atoms with Crippen molar-refractivity contribution < 1.29 is 9.28 Å². The molecule has 0 aromatic rings. The molecule has 0 atom stereocenters. The van der Waals surface area contributed by atoms with E-state index in [-0.39, 0.29) is 12.3 Å². The summed E-state index contributed by atoms with van der Waals surface area (Å²) in [5.41, 5.74) is 5.24. The molecule has 3 nitrogen and oxygen atoms in total. The lowest BCUT2D eigenvalue weighted by atomic mass is 10.3. The van der Waals surface area contributed by atoms with Gasteiger partial charge in [-0.25, -0.2) is 0 Å². The van der Waals surface area contributed by atoms with Gasteiger partial charge in [0.25, 0.3) is 0 Å². The summed E-state index contributed by atoms with van der Waals surface area (Å²) in [6.45, 7) is 0.787. The fraction of sp³-hybridized carbons (Fsp3) is 0.875. The molecule has 1 rings (SSSR count). The van der Waals surface area contributed by atoms with E-state index >= 15 is 0 Å². The fourth-order valence-electron chi connectivity index (χ4n) is 1.42. The van der Waals surface area contributed by atoms with Crippen LogP contribution in [0.4, 0.5) is 0 Å². The number of likely N-dealkylation sites (N-methyl/N-ethyl adjacent to an activating group) is 1. The molecule has 0 aromatic carbocycles. The third-order valence-electron chi connectivity index (χ3n) is 2.35. The zero-order chi connectivity index (χ0) is 8.48. The van der Waals surface area contributed by atoms with Crippen LogP contribution in [0.15, 0.2) is 0 Å². The van der Waals surface area contributed by atoms with Crippen molar-refractivity contribution in [1.29, 1.82) is 0 Å². The Labute approximate surface area is 67.8 Å². The summed E-state index contributed by atoms with van der Waals surface area (Å²) in [4.78, 5) is 11.0. The average molecular weight is 157 g/mol. The Morgan fingerprint density at radius 1 is 1.55 bits per heavy atom. The van der Waals surface area contributed by atoms with Gasteiger partial charge in [-0.1, -0.05) is 0 Å². The molecule has 0 radical (unpaired) electrons. The summed E-state index contributed by atoms with van der Waals surface area (Å²) in [6, 6.07) is 0.713. The number of quaternary nitrogens is 1. The molecule has 0 saturated heterocycles. The molecule has 0 aromatic heterocycles. The van der Waals surface area contributed by atoms with Gasteiger partial charge in [-0.05, 0) is 0 Å². The predicted molar refractivity (Wildman–Crippen MR) is 44.1 cm³/mol. The molecule has 0 spiro atoms. The molecule has 0 unspecified atom stereocenters. The number of carbonyl (C=O) groups is 1. The lowest BCUT2D eigenvalue weighted by Crippen LogP contribution is -2.47. The third-order valence-corrected chi connectivity index (χ3v) is 2.35. The lowest BCUT2D eigenvalue weighted by molar-refractivity contribution is -0.893. The van der Waals surface area contributed by atoms with Crippen molar-refractivity contribution in [3.05, 3.63) is 0 Å². The van der Waals surface area contributed by atoms with Crippen molar-refractivity contribution in [2.24, 2.45) is 5.73 Å². The van der Waals surface area contributed by atoms with E-state index in [1.807, 2.05) is 0 Å². The maximum absolute atomic E-state index is 11.0. The van der Waals surface area contributed by atoms with Crippen LogP contribution < -0.4 is 5.73 Å². The van der Waals surface area contributed by atoms with E-state index in [1.54, 1.807) is 0 Å². The monoisotopic (exact) mass is 157 g/mol. The molecule has 64 valence electrons. The molecule has 3 heteroatoms. The molecule has 0 amide bonds. The minimum absolute atomic E-state index is 0.168. The highest BCUT2D eigenvalue weighted by Gasteiger charge is 2.38. The highest BCUT2D eigenvalue weighted by atomic mass is 16.1. The first-order valence-corrected chi connectivity index (χ1v) is 4.10. The normalized spacial score (nSPS) is 18.5. The Kier molecular flexibility index (Phi) is 2.30.